The van der Waals surface area contributed by atoms with E-state index in [-0.39, 0.29) is 17.7 Å². The molecule has 29 heavy (non-hydrogen) atoms. The van der Waals surface area contributed by atoms with Gasteiger partial charge in [0.2, 0.25) is 5.91 Å². The molecular formula is C23H26ClN3O2. The van der Waals surface area contributed by atoms with Crippen LogP contribution >= 0.6 is 11.6 Å². The molecular weight excluding hydrogens is 386 g/mol. The summed E-state index contributed by atoms with van der Waals surface area (Å²) in [6.07, 6.45) is 3.20. The summed E-state index contributed by atoms with van der Waals surface area (Å²) < 4.78 is 0. The van der Waals surface area contributed by atoms with Gasteiger partial charge >= 0.3 is 0 Å². The molecule has 1 fully saturated rings. The Hall–Kier alpha value is -2.63. The third-order valence-electron chi connectivity index (χ3n) is 5.09. The number of para-hydroxylation sites is 1. The van der Waals surface area contributed by atoms with Crippen LogP contribution in [0.4, 0.5) is 5.69 Å². The van der Waals surface area contributed by atoms with Crippen molar-refractivity contribution >= 4 is 29.1 Å². The van der Waals surface area contributed by atoms with Crippen molar-refractivity contribution < 1.29 is 9.59 Å². The Bertz CT molecular complexity index is 876. The van der Waals surface area contributed by atoms with Crippen LogP contribution in [-0.2, 0) is 11.3 Å². The van der Waals surface area contributed by atoms with Crippen LogP contribution in [0, 0.1) is 5.92 Å². The second-order valence-corrected chi connectivity index (χ2v) is 7.65. The van der Waals surface area contributed by atoms with E-state index in [0.29, 0.717) is 17.8 Å². The van der Waals surface area contributed by atoms with Gasteiger partial charge in [-0.3, -0.25) is 14.5 Å². The molecule has 2 amide bonds. The van der Waals surface area contributed by atoms with Crippen LogP contribution in [-0.4, -0.2) is 36.3 Å². The Kier molecular flexibility index (Phi) is 7.44. The minimum Gasteiger partial charge on any atom is -0.349 e. The lowest BCUT2D eigenvalue weighted by molar-refractivity contribution is -0.121. The fourth-order valence-corrected chi connectivity index (χ4v) is 3.74. The maximum atomic E-state index is 12.8. The predicted molar refractivity (Wildman–Crippen MR) is 117 cm³/mol. The van der Waals surface area contributed by atoms with Gasteiger partial charge in [-0.25, -0.2) is 0 Å². The highest BCUT2D eigenvalue weighted by atomic mass is 35.5. The van der Waals surface area contributed by atoms with E-state index in [1.165, 1.54) is 5.56 Å². The van der Waals surface area contributed by atoms with Crippen molar-refractivity contribution in [3.8, 4) is 0 Å². The largest absolute Gasteiger partial charge is 0.349 e. The average molecular weight is 412 g/mol. The molecule has 152 valence electrons. The first-order valence-corrected chi connectivity index (χ1v) is 10.2. The highest BCUT2D eigenvalue weighted by molar-refractivity contribution is 6.30. The molecule has 0 aromatic heterocycles. The Morgan fingerprint density at radius 2 is 1.90 bits per heavy atom. The molecule has 0 atom stereocenters. The minimum atomic E-state index is -0.225. The number of benzene rings is 2. The number of amides is 2. The summed E-state index contributed by atoms with van der Waals surface area (Å²) in [7, 11) is 0. The van der Waals surface area contributed by atoms with Crippen LogP contribution in [0.5, 0.6) is 0 Å². The molecule has 5 nitrogen and oxygen atoms in total. The summed E-state index contributed by atoms with van der Waals surface area (Å²) in [6.45, 7) is 6.52. The third-order valence-corrected chi connectivity index (χ3v) is 5.33. The van der Waals surface area contributed by atoms with E-state index in [4.69, 9.17) is 11.6 Å². The molecule has 0 unspecified atom stereocenters. The number of hydrogen-bond acceptors (Lipinski definition) is 3. The van der Waals surface area contributed by atoms with Crippen molar-refractivity contribution in [2.45, 2.75) is 19.4 Å². The number of rotatable bonds is 7. The Labute approximate surface area is 176 Å². The van der Waals surface area contributed by atoms with Crippen LogP contribution in [0.1, 0.15) is 28.8 Å². The van der Waals surface area contributed by atoms with Crippen LogP contribution in [0.15, 0.2) is 61.2 Å². The lowest BCUT2D eigenvalue weighted by Crippen LogP contribution is -2.38. The Morgan fingerprint density at radius 1 is 1.14 bits per heavy atom. The lowest BCUT2D eigenvalue weighted by Gasteiger charge is -2.31. The summed E-state index contributed by atoms with van der Waals surface area (Å²) in [5.41, 5.74) is 2.18. The Balaban J connectivity index is 1.55. The molecule has 2 aromatic rings. The Morgan fingerprint density at radius 3 is 2.62 bits per heavy atom. The van der Waals surface area contributed by atoms with E-state index in [1.54, 1.807) is 24.3 Å². The van der Waals surface area contributed by atoms with Crippen molar-refractivity contribution in [1.82, 2.24) is 10.2 Å². The molecule has 0 saturated carbocycles. The smallest absolute Gasteiger partial charge is 0.253 e. The molecule has 1 aliphatic rings. The van der Waals surface area contributed by atoms with Crippen molar-refractivity contribution in [1.29, 1.82) is 0 Å². The van der Waals surface area contributed by atoms with Crippen LogP contribution < -0.4 is 10.6 Å². The van der Waals surface area contributed by atoms with E-state index in [0.717, 1.165) is 37.5 Å². The zero-order valence-electron chi connectivity index (χ0n) is 16.4. The van der Waals surface area contributed by atoms with E-state index in [1.807, 2.05) is 24.3 Å². The van der Waals surface area contributed by atoms with Gasteiger partial charge in [0.1, 0.15) is 0 Å². The number of carbonyl (C=O) groups is 2. The predicted octanol–water partition coefficient (Wildman–Crippen LogP) is 4.11. The average Bonchev–Trinajstić information content (AvgIpc) is 2.73. The van der Waals surface area contributed by atoms with Crippen LogP contribution in [0.2, 0.25) is 5.02 Å². The quantitative estimate of drug-likeness (QED) is 0.674. The molecule has 0 spiro atoms. The standard InChI is InChI=1S/C23H26ClN3O2/c1-2-12-25-23(29)20-8-3-4-9-21(20)26-22(28)18-10-13-27(14-11-18)16-17-6-5-7-19(24)15-17/h2-9,15,18H,1,10-14,16H2,(H,25,29)(H,26,28). The van der Waals surface area contributed by atoms with E-state index >= 15 is 0 Å². The van der Waals surface area contributed by atoms with Gasteiger partial charge in [0.25, 0.3) is 5.91 Å². The van der Waals surface area contributed by atoms with Gasteiger partial charge in [0, 0.05) is 24.0 Å². The molecule has 0 aliphatic carbocycles. The van der Waals surface area contributed by atoms with Gasteiger partial charge in [-0.05, 0) is 55.8 Å². The summed E-state index contributed by atoms with van der Waals surface area (Å²) in [4.78, 5) is 27.4. The van der Waals surface area contributed by atoms with Gasteiger partial charge < -0.3 is 10.6 Å². The van der Waals surface area contributed by atoms with Crippen molar-refractivity contribution in [2.24, 2.45) is 5.92 Å². The number of nitrogens with zero attached hydrogens (tertiary/aromatic N) is 1. The first-order chi connectivity index (χ1) is 14.1. The van der Waals surface area contributed by atoms with Crippen LogP contribution in [0.3, 0.4) is 0 Å². The molecule has 1 heterocycles. The topological polar surface area (TPSA) is 61.4 Å². The van der Waals surface area contributed by atoms with Gasteiger partial charge in [0.05, 0.1) is 11.3 Å². The SMILES string of the molecule is C=CCNC(=O)c1ccccc1NC(=O)C1CCN(Cc2cccc(Cl)c2)CC1. The number of piperidine rings is 1. The third kappa shape index (κ3) is 5.92. The molecule has 1 aliphatic heterocycles. The number of anilines is 1. The van der Waals surface area contributed by atoms with Crippen molar-refractivity contribution in [2.75, 3.05) is 25.0 Å². The number of nitrogens with one attached hydrogen (secondary N) is 2. The van der Waals surface area contributed by atoms with E-state index < -0.39 is 0 Å². The minimum absolute atomic E-state index is 0.0311. The van der Waals surface area contributed by atoms with Gasteiger partial charge in [-0.15, -0.1) is 6.58 Å². The van der Waals surface area contributed by atoms with Crippen LogP contribution in [0.25, 0.3) is 0 Å². The second-order valence-electron chi connectivity index (χ2n) is 7.21. The number of hydrogen-bond donors (Lipinski definition) is 2. The summed E-state index contributed by atoms with van der Waals surface area (Å²) in [6, 6.07) is 14.9. The molecule has 0 bridgehead atoms. The van der Waals surface area contributed by atoms with Gasteiger partial charge in [0.15, 0.2) is 0 Å². The second kappa shape index (κ2) is 10.2. The van der Waals surface area contributed by atoms with E-state index in [2.05, 4.69) is 28.2 Å². The first-order valence-electron chi connectivity index (χ1n) is 9.82. The zero-order chi connectivity index (χ0) is 20.6. The molecule has 2 N–H and O–H groups in total. The van der Waals surface area contributed by atoms with Gasteiger partial charge in [-0.1, -0.05) is 41.9 Å². The highest BCUT2D eigenvalue weighted by Crippen LogP contribution is 2.23. The lowest BCUT2D eigenvalue weighted by atomic mass is 9.95. The fraction of sp³-hybridized carbons (Fsp3) is 0.304. The maximum absolute atomic E-state index is 12.8. The van der Waals surface area contributed by atoms with E-state index in [9.17, 15) is 9.59 Å². The van der Waals surface area contributed by atoms with Crippen molar-refractivity contribution in [3.63, 3.8) is 0 Å². The maximum Gasteiger partial charge on any atom is 0.253 e. The summed E-state index contributed by atoms with van der Waals surface area (Å²) >= 11 is 6.06. The molecule has 6 heteroatoms. The van der Waals surface area contributed by atoms with Crippen molar-refractivity contribution in [3.05, 3.63) is 77.3 Å². The first kappa shape index (κ1) is 21.1. The van der Waals surface area contributed by atoms with Gasteiger partial charge in [-0.2, -0.15) is 0 Å². The number of carbonyl (C=O) groups excluding carboxylic acids is 2. The summed E-state index contributed by atoms with van der Waals surface area (Å²) in [5.74, 6) is -0.316. The molecule has 0 radical (unpaired) electrons. The monoisotopic (exact) mass is 411 g/mol. The molecule has 3 rings (SSSR count). The molecule has 1 saturated heterocycles. The summed E-state index contributed by atoms with van der Waals surface area (Å²) in [5, 5.41) is 6.44. The highest BCUT2D eigenvalue weighted by Gasteiger charge is 2.26. The zero-order valence-corrected chi connectivity index (χ0v) is 17.1. The number of likely N-dealkylation sites (tertiary alicyclic amines) is 1. The normalized spacial score (nSPS) is 14.9. The molecule has 2 aromatic carbocycles. The number of halogens is 1. The fourth-order valence-electron chi connectivity index (χ4n) is 3.53.